The Morgan fingerprint density at radius 1 is 1.38 bits per heavy atom. The highest BCUT2D eigenvalue weighted by molar-refractivity contribution is 9.10. The monoisotopic (exact) mass is 280 g/mol. The van der Waals surface area contributed by atoms with E-state index in [9.17, 15) is 0 Å². The highest BCUT2D eigenvalue weighted by Crippen LogP contribution is 2.21. The van der Waals surface area contributed by atoms with E-state index in [2.05, 4.69) is 31.3 Å². The Balaban J connectivity index is 1.97. The number of pyridine rings is 1. The topological polar surface area (TPSA) is 42.2 Å². The second-order valence-corrected chi connectivity index (χ2v) is 5.04. The van der Waals surface area contributed by atoms with Gasteiger partial charge >= 0.3 is 0 Å². The van der Waals surface area contributed by atoms with E-state index in [1.54, 1.807) is 0 Å². The van der Waals surface area contributed by atoms with E-state index in [1.165, 1.54) is 12.8 Å². The lowest BCUT2D eigenvalue weighted by Gasteiger charge is -2.20. The largest absolute Gasteiger partial charge is 0.307 e. The summed E-state index contributed by atoms with van der Waals surface area (Å²) in [7, 11) is 0. The Kier molecular flexibility index (Phi) is 2.65. The number of hydrogen-bond acceptors (Lipinski definition) is 3. The van der Waals surface area contributed by atoms with Gasteiger partial charge in [-0.2, -0.15) is 0 Å². The van der Waals surface area contributed by atoms with Gasteiger partial charge in [0.1, 0.15) is 0 Å². The molecule has 1 saturated heterocycles. The maximum atomic E-state index is 4.55. The highest BCUT2D eigenvalue weighted by atomic mass is 79.9. The van der Waals surface area contributed by atoms with Crippen molar-refractivity contribution in [2.75, 3.05) is 6.54 Å². The predicted molar refractivity (Wildman–Crippen MR) is 65.3 cm³/mol. The number of nitrogens with one attached hydrogen (secondary N) is 1. The minimum Gasteiger partial charge on any atom is -0.307 e. The smallest absolute Gasteiger partial charge is 0.168 e. The lowest BCUT2D eigenvalue weighted by atomic mass is 10.0. The maximum absolute atomic E-state index is 4.55. The Labute approximate surface area is 102 Å². The van der Waals surface area contributed by atoms with Crippen molar-refractivity contribution in [2.45, 2.75) is 25.3 Å². The molecule has 3 heterocycles. The van der Waals surface area contributed by atoms with Crippen LogP contribution in [0.15, 0.2) is 22.8 Å². The van der Waals surface area contributed by atoms with Crippen LogP contribution in [0.2, 0.25) is 0 Å². The summed E-state index contributed by atoms with van der Waals surface area (Å²) in [6.45, 7) is 1.07. The second-order valence-electron chi connectivity index (χ2n) is 4.12. The first-order valence-corrected chi connectivity index (χ1v) is 6.37. The van der Waals surface area contributed by atoms with Gasteiger partial charge in [0.25, 0.3) is 0 Å². The summed E-state index contributed by atoms with van der Waals surface area (Å²) in [6, 6.07) is 4.29. The minimum absolute atomic E-state index is 0.326. The third-order valence-corrected chi connectivity index (χ3v) is 3.40. The lowest BCUT2D eigenvalue weighted by molar-refractivity contribution is 0.397. The predicted octanol–water partition coefficient (Wildman–Crippen LogP) is 2.31. The molecule has 0 bridgehead atoms. The van der Waals surface area contributed by atoms with Gasteiger partial charge in [-0.3, -0.25) is 0 Å². The van der Waals surface area contributed by atoms with E-state index >= 15 is 0 Å². The summed E-state index contributed by atoms with van der Waals surface area (Å²) < 4.78 is 2.85. The molecule has 2 aromatic heterocycles. The van der Waals surface area contributed by atoms with Crippen LogP contribution >= 0.6 is 15.9 Å². The number of fused-ring (bicyclic) bond motifs is 1. The third-order valence-electron chi connectivity index (χ3n) is 2.93. The molecular weight excluding hydrogens is 268 g/mol. The van der Waals surface area contributed by atoms with Crippen LogP contribution in [0.1, 0.15) is 31.1 Å². The number of nitrogens with zero attached hydrogens (tertiary/aromatic N) is 3. The quantitative estimate of drug-likeness (QED) is 0.872. The van der Waals surface area contributed by atoms with E-state index in [-0.39, 0.29) is 0 Å². The zero-order chi connectivity index (χ0) is 11.0. The average Bonchev–Trinajstić information content (AvgIpc) is 2.73. The number of halogens is 1. The fraction of sp³-hybridized carbons (Fsp3) is 0.455. The van der Waals surface area contributed by atoms with Crippen LogP contribution in [0.5, 0.6) is 0 Å². The molecule has 0 aliphatic carbocycles. The number of piperidine rings is 1. The van der Waals surface area contributed by atoms with E-state index in [1.807, 2.05) is 22.8 Å². The molecule has 3 rings (SSSR count). The molecule has 1 unspecified atom stereocenters. The molecule has 0 aromatic carbocycles. The Bertz CT molecular complexity index is 502. The van der Waals surface area contributed by atoms with E-state index in [0.29, 0.717) is 6.04 Å². The molecule has 16 heavy (non-hydrogen) atoms. The van der Waals surface area contributed by atoms with Gasteiger partial charge in [0, 0.05) is 10.7 Å². The zero-order valence-corrected chi connectivity index (χ0v) is 10.4. The molecule has 2 aromatic rings. The summed E-state index contributed by atoms with van der Waals surface area (Å²) in [6.07, 6.45) is 5.60. The van der Waals surface area contributed by atoms with E-state index in [0.717, 1.165) is 28.9 Å². The van der Waals surface area contributed by atoms with Crippen LogP contribution in [0.3, 0.4) is 0 Å². The van der Waals surface area contributed by atoms with Gasteiger partial charge in [-0.05, 0) is 47.4 Å². The van der Waals surface area contributed by atoms with Gasteiger partial charge < -0.3 is 5.32 Å². The van der Waals surface area contributed by atoms with Crippen molar-refractivity contribution < 1.29 is 0 Å². The highest BCUT2D eigenvalue weighted by Gasteiger charge is 2.18. The van der Waals surface area contributed by atoms with Crippen LogP contribution < -0.4 is 5.32 Å². The molecule has 1 N–H and O–H groups in total. The summed E-state index contributed by atoms with van der Waals surface area (Å²) >= 11 is 3.43. The van der Waals surface area contributed by atoms with Gasteiger partial charge in [-0.1, -0.05) is 6.42 Å². The first kappa shape index (κ1) is 10.2. The minimum atomic E-state index is 0.326. The average molecular weight is 281 g/mol. The van der Waals surface area contributed by atoms with Crippen molar-refractivity contribution in [3.05, 3.63) is 28.6 Å². The number of rotatable bonds is 1. The normalized spacial score (nSPS) is 21.4. The summed E-state index contributed by atoms with van der Waals surface area (Å²) in [5, 5.41) is 7.97. The molecule has 5 heteroatoms. The van der Waals surface area contributed by atoms with Crippen molar-refractivity contribution in [3.8, 4) is 0 Å². The third kappa shape index (κ3) is 1.85. The molecule has 0 radical (unpaired) electrons. The molecule has 0 saturated carbocycles. The maximum Gasteiger partial charge on any atom is 0.168 e. The number of hydrogen-bond donors (Lipinski definition) is 1. The molecule has 1 aliphatic rings. The van der Waals surface area contributed by atoms with Gasteiger partial charge in [0.05, 0.1) is 6.04 Å². The van der Waals surface area contributed by atoms with Crippen LogP contribution in [0.25, 0.3) is 5.65 Å². The lowest BCUT2D eigenvalue weighted by Crippen LogP contribution is -2.27. The fourth-order valence-electron chi connectivity index (χ4n) is 2.10. The van der Waals surface area contributed by atoms with Crippen molar-refractivity contribution in [2.24, 2.45) is 0 Å². The molecule has 84 valence electrons. The Morgan fingerprint density at radius 3 is 3.12 bits per heavy atom. The first-order valence-electron chi connectivity index (χ1n) is 5.58. The summed E-state index contributed by atoms with van der Waals surface area (Å²) in [5.41, 5.74) is 0.908. The molecule has 0 amide bonds. The van der Waals surface area contributed by atoms with Crippen LogP contribution in [0.4, 0.5) is 0 Å². The second kappa shape index (κ2) is 4.14. The molecule has 1 fully saturated rings. The van der Waals surface area contributed by atoms with E-state index < -0.39 is 0 Å². The van der Waals surface area contributed by atoms with Crippen molar-refractivity contribution in [1.29, 1.82) is 0 Å². The van der Waals surface area contributed by atoms with Gasteiger partial charge in [-0.15, -0.1) is 5.10 Å². The summed E-state index contributed by atoms with van der Waals surface area (Å²) in [5.74, 6) is 0.915. The molecule has 0 spiro atoms. The van der Waals surface area contributed by atoms with E-state index in [4.69, 9.17) is 0 Å². The fourth-order valence-corrected chi connectivity index (χ4v) is 2.42. The van der Waals surface area contributed by atoms with Crippen LogP contribution in [-0.4, -0.2) is 21.1 Å². The standard InChI is InChI=1S/C11H13BrN4/c12-8-4-5-10-14-11(15-16(10)7-8)9-3-1-2-6-13-9/h4-5,7,9,13H,1-3,6H2. The first-order chi connectivity index (χ1) is 7.83. The summed E-state index contributed by atoms with van der Waals surface area (Å²) in [4.78, 5) is 4.55. The van der Waals surface area contributed by atoms with Crippen molar-refractivity contribution in [3.63, 3.8) is 0 Å². The van der Waals surface area contributed by atoms with Gasteiger partial charge in [-0.25, -0.2) is 9.50 Å². The van der Waals surface area contributed by atoms with Gasteiger partial charge in [0.2, 0.25) is 0 Å². The molecule has 1 aliphatic heterocycles. The van der Waals surface area contributed by atoms with Crippen molar-refractivity contribution in [1.82, 2.24) is 19.9 Å². The molecule has 1 atom stereocenters. The molecule has 4 nitrogen and oxygen atoms in total. The number of aromatic nitrogens is 3. The van der Waals surface area contributed by atoms with Crippen LogP contribution in [-0.2, 0) is 0 Å². The Hall–Kier alpha value is -0.940. The van der Waals surface area contributed by atoms with Gasteiger partial charge in [0.15, 0.2) is 11.5 Å². The van der Waals surface area contributed by atoms with Crippen LogP contribution in [0, 0.1) is 0 Å². The molecular formula is C11H13BrN4. The zero-order valence-electron chi connectivity index (χ0n) is 8.86. The SMILES string of the molecule is Brc1ccc2nc(C3CCCCN3)nn2c1. The van der Waals surface area contributed by atoms with Crippen molar-refractivity contribution >= 4 is 21.6 Å². The Morgan fingerprint density at radius 2 is 2.31 bits per heavy atom.